The normalized spacial score (nSPS) is 10.2. The fourth-order valence-corrected chi connectivity index (χ4v) is 1.47. The highest BCUT2D eigenvalue weighted by Crippen LogP contribution is 2.19. The molecule has 76 valence electrons. The van der Waals surface area contributed by atoms with Crippen LogP contribution in [0.1, 0.15) is 5.69 Å². The van der Waals surface area contributed by atoms with Crippen molar-refractivity contribution in [1.82, 2.24) is 4.98 Å². The van der Waals surface area contributed by atoms with E-state index in [-0.39, 0.29) is 0 Å². The Morgan fingerprint density at radius 2 is 2.07 bits per heavy atom. The van der Waals surface area contributed by atoms with Gasteiger partial charge in [-0.25, -0.2) is 4.98 Å². The van der Waals surface area contributed by atoms with Crippen molar-refractivity contribution in [1.29, 1.82) is 0 Å². The van der Waals surface area contributed by atoms with Crippen molar-refractivity contribution in [2.45, 2.75) is 0 Å². The summed E-state index contributed by atoms with van der Waals surface area (Å²) in [5, 5.41) is 1.04. The summed E-state index contributed by atoms with van der Waals surface area (Å²) in [7, 11) is 1.62. The second-order valence-corrected chi connectivity index (χ2v) is 3.56. The number of nitrogens with two attached hydrogens (primary N) is 1. The van der Waals surface area contributed by atoms with Crippen molar-refractivity contribution in [2.75, 3.05) is 7.11 Å². The first-order valence-corrected chi connectivity index (χ1v) is 4.86. The molecule has 2 aromatic rings. The number of pyridine rings is 1. The van der Waals surface area contributed by atoms with E-state index in [4.69, 9.17) is 22.7 Å². The molecule has 0 saturated carbocycles. The van der Waals surface area contributed by atoms with Crippen LogP contribution in [0.4, 0.5) is 0 Å². The van der Waals surface area contributed by atoms with E-state index in [0.717, 1.165) is 16.7 Å². The van der Waals surface area contributed by atoms with Crippen LogP contribution in [0.5, 0.6) is 5.75 Å². The monoisotopic (exact) mass is 218 g/mol. The number of benzene rings is 1. The predicted octanol–water partition coefficient (Wildman–Crippen LogP) is 1.88. The minimum absolute atomic E-state index is 0.305. The van der Waals surface area contributed by atoms with Crippen molar-refractivity contribution in [2.24, 2.45) is 5.73 Å². The van der Waals surface area contributed by atoms with Crippen LogP contribution in [0.2, 0.25) is 0 Å². The Morgan fingerprint density at radius 3 is 2.73 bits per heavy atom. The average molecular weight is 218 g/mol. The van der Waals surface area contributed by atoms with Crippen LogP contribution in [0, 0.1) is 0 Å². The minimum atomic E-state index is 0.305. The fourth-order valence-electron chi connectivity index (χ4n) is 1.36. The van der Waals surface area contributed by atoms with E-state index in [9.17, 15) is 0 Å². The Morgan fingerprint density at radius 1 is 1.33 bits per heavy atom. The third kappa shape index (κ3) is 1.89. The third-order valence-electron chi connectivity index (χ3n) is 2.15. The highest BCUT2D eigenvalue weighted by molar-refractivity contribution is 7.80. The highest BCUT2D eigenvalue weighted by Gasteiger charge is 2.01. The van der Waals surface area contributed by atoms with Crippen LogP contribution >= 0.6 is 12.2 Å². The van der Waals surface area contributed by atoms with E-state index in [0.29, 0.717) is 10.7 Å². The van der Waals surface area contributed by atoms with Crippen LogP contribution in [0.15, 0.2) is 30.3 Å². The molecule has 15 heavy (non-hydrogen) atoms. The van der Waals surface area contributed by atoms with Gasteiger partial charge in [-0.2, -0.15) is 0 Å². The van der Waals surface area contributed by atoms with E-state index in [1.807, 2.05) is 30.3 Å². The zero-order chi connectivity index (χ0) is 10.8. The van der Waals surface area contributed by atoms with Gasteiger partial charge >= 0.3 is 0 Å². The Hall–Kier alpha value is -1.68. The number of hydrogen-bond acceptors (Lipinski definition) is 3. The first-order chi connectivity index (χ1) is 7.20. The third-order valence-corrected chi connectivity index (χ3v) is 2.36. The summed E-state index contributed by atoms with van der Waals surface area (Å²) in [6, 6.07) is 9.46. The van der Waals surface area contributed by atoms with Gasteiger partial charge < -0.3 is 10.5 Å². The molecule has 0 aliphatic carbocycles. The van der Waals surface area contributed by atoms with Gasteiger partial charge in [0.25, 0.3) is 0 Å². The van der Waals surface area contributed by atoms with Crippen molar-refractivity contribution < 1.29 is 4.74 Å². The van der Waals surface area contributed by atoms with E-state index in [2.05, 4.69) is 4.98 Å². The van der Waals surface area contributed by atoms with Gasteiger partial charge in [-0.3, -0.25) is 0 Å². The summed E-state index contributed by atoms with van der Waals surface area (Å²) in [5.41, 5.74) is 6.98. The summed E-state index contributed by atoms with van der Waals surface area (Å²) < 4.78 is 5.12. The van der Waals surface area contributed by atoms with Crippen molar-refractivity contribution >= 4 is 28.1 Å². The van der Waals surface area contributed by atoms with Crippen molar-refractivity contribution in [3.8, 4) is 5.75 Å². The molecule has 4 heteroatoms. The maximum absolute atomic E-state index is 5.51. The van der Waals surface area contributed by atoms with E-state index < -0.39 is 0 Å². The summed E-state index contributed by atoms with van der Waals surface area (Å²) in [6.45, 7) is 0. The topological polar surface area (TPSA) is 48.1 Å². The number of rotatable bonds is 2. The van der Waals surface area contributed by atoms with Gasteiger partial charge in [-0.05, 0) is 18.2 Å². The first-order valence-electron chi connectivity index (χ1n) is 4.45. The Labute approximate surface area is 92.9 Å². The van der Waals surface area contributed by atoms with Gasteiger partial charge in [-0.15, -0.1) is 0 Å². The van der Waals surface area contributed by atoms with E-state index in [1.54, 1.807) is 7.11 Å². The summed E-state index contributed by atoms with van der Waals surface area (Å²) in [5.74, 6) is 0.773. The number of ether oxygens (including phenoxy) is 1. The molecule has 3 nitrogen and oxygen atoms in total. The first kappa shape index (κ1) is 9.86. The van der Waals surface area contributed by atoms with E-state index >= 15 is 0 Å². The largest absolute Gasteiger partial charge is 0.497 e. The molecule has 0 saturated heterocycles. The maximum Gasteiger partial charge on any atom is 0.122 e. The summed E-state index contributed by atoms with van der Waals surface area (Å²) >= 11 is 4.87. The van der Waals surface area contributed by atoms with Gasteiger partial charge in [0.2, 0.25) is 0 Å². The lowest BCUT2D eigenvalue weighted by molar-refractivity contribution is 0.415. The van der Waals surface area contributed by atoms with Crippen LogP contribution in [0.3, 0.4) is 0 Å². The molecule has 2 N–H and O–H groups in total. The second-order valence-electron chi connectivity index (χ2n) is 3.12. The zero-order valence-corrected chi connectivity index (χ0v) is 9.04. The number of methoxy groups -OCH3 is 1. The number of nitrogens with zero attached hydrogens (tertiary/aromatic N) is 1. The number of hydrogen-bond donors (Lipinski definition) is 1. The highest BCUT2D eigenvalue weighted by atomic mass is 32.1. The molecular formula is C11H10N2OS. The fraction of sp³-hybridized carbons (Fsp3) is 0.0909. The maximum atomic E-state index is 5.51. The second kappa shape index (κ2) is 3.82. The Bertz CT molecular complexity index is 525. The molecular weight excluding hydrogens is 208 g/mol. The molecule has 1 heterocycles. The van der Waals surface area contributed by atoms with Gasteiger partial charge in [-0.1, -0.05) is 18.3 Å². The van der Waals surface area contributed by atoms with Gasteiger partial charge in [0.15, 0.2) is 0 Å². The molecule has 0 atom stereocenters. The standard InChI is InChI=1S/C11H10N2OS/c1-14-8-4-2-7-3-5-9(11(12)15)13-10(7)6-8/h2-6H,1H3,(H2,12,15). The Balaban J connectivity index is 2.62. The smallest absolute Gasteiger partial charge is 0.122 e. The van der Waals surface area contributed by atoms with Crippen LogP contribution < -0.4 is 10.5 Å². The zero-order valence-electron chi connectivity index (χ0n) is 8.23. The van der Waals surface area contributed by atoms with Crippen LogP contribution in [-0.4, -0.2) is 17.1 Å². The molecule has 0 fully saturated rings. The number of fused-ring (bicyclic) bond motifs is 1. The summed E-state index contributed by atoms with van der Waals surface area (Å²) in [4.78, 5) is 4.64. The average Bonchev–Trinajstić information content (AvgIpc) is 2.27. The number of aromatic nitrogens is 1. The lowest BCUT2D eigenvalue weighted by atomic mass is 10.2. The molecule has 0 radical (unpaired) electrons. The summed E-state index contributed by atoms with van der Waals surface area (Å²) in [6.07, 6.45) is 0. The number of thiocarbonyl (C=S) groups is 1. The van der Waals surface area contributed by atoms with Crippen molar-refractivity contribution in [3.05, 3.63) is 36.0 Å². The molecule has 1 aromatic heterocycles. The molecule has 0 amide bonds. The predicted molar refractivity (Wildman–Crippen MR) is 64.2 cm³/mol. The molecule has 0 bridgehead atoms. The van der Waals surface area contributed by atoms with Gasteiger partial charge in [0.05, 0.1) is 18.3 Å². The van der Waals surface area contributed by atoms with Gasteiger partial charge in [0, 0.05) is 11.5 Å². The lowest BCUT2D eigenvalue weighted by Gasteiger charge is -2.03. The SMILES string of the molecule is COc1ccc2ccc(C(N)=S)nc2c1. The van der Waals surface area contributed by atoms with Crippen LogP contribution in [0.25, 0.3) is 10.9 Å². The molecule has 0 aliphatic heterocycles. The quantitative estimate of drug-likeness (QED) is 0.782. The van der Waals surface area contributed by atoms with Gasteiger partial charge in [0.1, 0.15) is 10.7 Å². The molecule has 0 unspecified atom stereocenters. The molecule has 0 spiro atoms. The minimum Gasteiger partial charge on any atom is -0.497 e. The molecule has 0 aliphatic rings. The Kier molecular flexibility index (Phi) is 2.51. The van der Waals surface area contributed by atoms with Crippen molar-refractivity contribution in [3.63, 3.8) is 0 Å². The molecule has 1 aromatic carbocycles. The van der Waals surface area contributed by atoms with E-state index in [1.165, 1.54) is 0 Å². The van der Waals surface area contributed by atoms with Crippen LogP contribution in [-0.2, 0) is 0 Å². The lowest BCUT2D eigenvalue weighted by Crippen LogP contribution is -2.11. The molecule has 2 rings (SSSR count).